The van der Waals surface area contributed by atoms with Crippen LogP contribution in [0.4, 0.5) is 11.4 Å². The molecule has 0 bridgehead atoms. The lowest BCUT2D eigenvalue weighted by atomic mass is 10.1. The number of sulfonamides is 1. The number of rotatable bonds is 7. The van der Waals surface area contributed by atoms with Crippen LogP contribution < -0.4 is 10.0 Å². The topological polar surface area (TPSA) is 122 Å². The summed E-state index contributed by atoms with van der Waals surface area (Å²) in [5.41, 5.74) is 0.293. The Bertz CT molecular complexity index is 871. The summed E-state index contributed by atoms with van der Waals surface area (Å²) in [6.45, 7) is 0.000592. The smallest absolute Gasteiger partial charge is 0.293 e. The number of nitrogens with zero attached hydrogens (tertiary/aromatic N) is 1. The van der Waals surface area contributed by atoms with Gasteiger partial charge >= 0.3 is 0 Å². The van der Waals surface area contributed by atoms with E-state index < -0.39 is 26.7 Å². The number of benzene rings is 2. The summed E-state index contributed by atoms with van der Waals surface area (Å²) in [4.78, 5) is 10.3. The average Bonchev–Trinajstić information content (AvgIpc) is 2.60. The van der Waals surface area contributed by atoms with Crippen molar-refractivity contribution in [1.82, 2.24) is 4.72 Å². The van der Waals surface area contributed by atoms with Crippen LogP contribution in [0, 0.1) is 10.1 Å². The number of nitro groups is 1. The molecular formula is C15H16ClN3O5S. The molecule has 0 aliphatic carbocycles. The van der Waals surface area contributed by atoms with E-state index in [0.29, 0.717) is 10.6 Å². The van der Waals surface area contributed by atoms with Crippen LogP contribution in [0.2, 0.25) is 5.02 Å². The van der Waals surface area contributed by atoms with Gasteiger partial charge in [0.15, 0.2) is 0 Å². The van der Waals surface area contributed by atoms with Crippen molar-refractivity contribution in [2.24, 2.45) is 0 Å². The molecule has 10 heteroatoms. The van der Waals surface area contributed by atoms with Gasteiger partial charge in [-0.3, -0.25) is 10.1 Å². The van der Waals surface area contributed by atoms with Crippen LogP contribution in [0.25, 0.3) is 0 Å². The first kappa shape index (κ1) is 19.1. The molecule has 3 N–H and O–H groups in total. The lowest BCUT2D eigenvalue weighted by Crippen LogP contribution is -2.19. The molecule has 1 atom stereocenters. The number of aliphatic hydroxyl groups is 1. The molecule has 25 heavy (non-hydrogen) atoms. The van der Waals surface area contributed by atoms with Gasteiger partial charge < -0.3 is 10.4 Å². The number of hydrogen-bond donors (Lipinski definition) is 3. The molecule has 0 saturated heterocycles. The van der Waals surface area contributed by atoms with Crippen LogP contribution in [0.5, 0.6) is 0 Å². The summed E-state index contributed by atoms with van der Waals surface area (Å²) in [7, 11) is -2.58. The van der Waals surface area contributed by atoms with E-state index >= 15 is 0 Å². The van der Waals surface area contributed by atoms with Crippen molar-refractivity contribution in [2.45, 2.75) is 11.0 Å². The van der Waals surface area contributed by atoms with E-state index in [-0.39, 0.29) is 17.1 Å². The Labute approximate surface area is 149 Å². The van der Waals surface area contributed by atoms with Crippen LogP contribution in [-0.4, -0.2) is 32.0 Å². The van der Waals surface area contributed by atoms with Gasteiger partial charge in [-0.15, -0.1) is 0 Å². The Hall–Kier alpha value is -2.20. The van der Waals surface area contributed by atoms with Gasteiger partial charge in [-0.1, -0.05) is 23.7 Å². The highest BCUT2D eigenvalue weighted by molar-refractivity contribution is 7.89. The first-order valence-electron chi connectivity index (χ1n) is 7.14. The lowest BCUT2D eigenvalue weighted by Gasteiger charge is -2.14. The van der Waals surface area contributed by atoms with Crippen LogP contribution in [0.3, 0.4) is 0 Å². The van der Waals surface area contributed by atoms with Gasteiger partial charge in [0.2, 0.25) is 10.0 Å². The van der Waals surface area contributed by atoms with E-state index in [1.807, 2.05) is 0 Å². The third-order valence-corrected chi connectivity index (χ3v) is 5.15. The molecule has 0 radical (unpaired) electrons. The predicted octanol–water partition coefficient (Wildman–Crippen LogP) is 2.30. The molecule has 0 heterocycles. The highest BCUT2D eigenvalue weighted by atomic mass is 35.5. The fourth-order valence-electron chi connectivity index (χ4n) is 2.11. The van der Waals surface area contributed by atoms with E-state index in [4.69, 9.17) is 11.6 Å². The minimum atomic E-state index is -3.79. The Morgan fingerprint density at radius 1 is 1.24 bits per heavy atom. The Kier molecular flexibility index (Phi) is 5.96. The minimum absolute atomic E-state index is 0.000592. The molecule has 2 aromatic carbocycles. The second-order valence-electron chi connectivity index (χ2n) is 5.09. The zero-order valence-corrected chi connectivity index (χ0v) is 14.7. The molecule has 2 aromatic rings. The number of halogens is 1. The Balaban J connectivity index is 2.21. The van der Waals surface area contributed by atoms with Crippen molar-refractivity contribution in [3.8, 4) is 0 Å². The fraction of sp³-hybridized carbons (Fsp3) is 0.200. The maximum atomic E-state index is 11.8. The first-order chi connectivity index (χ1) is 11.7. The highest BCUT2D eigenvalue weighted by Crippen LogP contribution is 2.28. The van der Waals surface area contributed by atoms with Crippen molar-refractivity contribution in [1.29, 1.82) is 0 Å². The van der Waals surface area contributed by atoms with Crippen molar-refractivity contribution in [3.63, 3.8) is 0 Å². The van der Waals surface area contributed by atoms with Crippen LogP contribution in [0.15, 0.2) is 47.4 Å². The number of nitrogens with one attached hydrogen (secondary N) is 2. The summed E-state index contributed by atoms with van der Waals surface area (Å²) < 4.78 is 25.6. The third-order valence-electron chi connectivity index (χ3n) is 3.49. The summed E-state index contributed by atoms with van der Waals surface area (Å²) in [5, 5.41) is 24.7. The van der Waals surface area contributed by atoms with Gasteiger partial charge in [-0.2, -0.15) is 0 Å². The quantitative estimate of drug-likeness (QED) is 0.496. The van der Waals surface area contributed by atoms with Gasteiger partial charge in [0.25, 0.3) is 5.69 Å². The third kappa shape index (κ3) is 4.67. The molecule has 0 aromatic heterocycles. The SMILES string of the molecule is CNS(=O)(=O)c1ccc(NCC(O)c2ccc(Cl)cc2)c([N+](=O)[O-])c1. The molecule has 134 valence electrons. The van der Waals surface area contributed by atoms with Crippen molar-refractivity contribution in [3.05, 3.63) is 63.2 Å². The van der Waals surface area contributed by atoms with Gasteiger partial charge in [0.05, 0.1) is 15.9 Å². The van der Waals surface area contributed by atoms with Crippen LogP contribution in [-0.2, 0) is 10.0 Å². The van der Waals surface area contributed by atoms with E-state index in [2.05, 4.69) is 10.0 Å². The molecule has 0 amide bonds. The summed E-state index contributed by atoms with van der Waals surface area (Å²) in [6.07, 6.45) is -0.919. The van der Waals surface area contributed by atoms with E-state index in [0.717, 1.165) is 6.07 Å². The lowest BCUT2D eigenvalue weighted by molar-refractivity contribution is -0.384. The van der Waals surface area contributed by atoms with Gasteiger partial charge in [-0.05, 0) is 36.9 Å². The molecule has 0 fully saturated rings. The van der Waals surface area contributed by atoms with Gasteiger partial charge in [-0.25, -0.2) is 13.1 Å². The second kappa shape index (κ2) is 7.79. The van der Waals surface area contributed by atoms with Crippen molar-refractivity contribution >= 4 is 33.0 Å². The summed E-state index contributed by atoms with van der Waals surface area (Å²) in [5.74, 6) is 0. The molecule has 1 unspecified atom stereocenters. The molecule has 0 saturated carbocycles. The Morgan fingerprint density at radius 2 is 1.88 bits per heavy atom. The highest BCUT2D eigenvalue weighted by Gasteiger charge is 2.21. The molecule has 0 aliphatic rings. The molecule has 8 nitrogen and oxygen atoms in total. The standard InChI is InChI=1S/C15H16ClN3O5S/c1-17-25(23,24)12-6-7-13(14(8-12)19(21)22)18-9-15(20)10-2-4-11(16)5-3-10/h2-8,15,17-18,20H,9H2,1H3. The maximum absolute atomic E-state index is 11.8. The van der Waals surface area contributed by atoms with E-state index in [9.17, 15) is 23.6 Å². The van der Waals surface area contributed by atoms with Crippen molar-refractivity contribution in [2.75, 3.05) is 18.9 Å². The maximum Gasteiger partial charge on any atom is 0.293 e. The largest absolute Gasteiger partial charge is 0.387 e. The monoisotopic (exact) mass is 385 g/mol. The molecule has 0 aliphatic heterocycles. The first-order valence-corrected chi connectivity index (χ1v) is 9.00. The predicted molar refractivity (Wildman–Crippen MR) is 94.2 cm³/mol. The summed E-state index contributed by atoms with van der Waals surface area (Å²) in [6, 6.07) is 10.0. The Morgan fingerprint density at radius 3 is 2.44 bits per heavy atom. The molecule has 2 rings (SSSR count). The van der Waals surface area contributed by atoms with E-state index in [1.165, 1.54) is 19.2 Å². The minimum Gasteiger partial charge on any atom is -0.387 e. The molecular weight excluding hydrogens is 370 g/mol. The number of hydrogen-bond acceptors (Lipinski definition) is 6. The van der Waals surface area contributed by atoms with Gasteiger partial charge in [0, 0.05) is 17.6 Å². The van der Waals surface area contributed by atoms with E-state index in [1.54, 1.807) is 24.3 Å². The number of nitro benzene ring substituents is 1. The van der Waals surface area contributed by atoms with Crippen LogP contribution in [0.1, 0.15) is 11.7 Å². The molecule has 0 spiro atoms. The zero-order valence-electron chi connectivity index (χ0n) is 13.1. The summed E-state index contributed by atoms with van der Waals surface area (Å²) >= 11 is 5.78. The average molecular weight is 386 g/mol. The number of aliphatic hydroxyl groups excluding tert-OH is 1. The fourth-order valence-corrected chi connectivity index (χ4v) is 2.98. The zero-order chi connectivity index (χ0) is 18.6. The second-order valence-corrected chi connectivity index (χ2v) is 7.41. The van der Waals surface area contributed by atoms with Gasteiger partial charge in [0.1, 0.15) is 5.69 Å². The van der Waals surface area contributed by atoms with Crippen LogP contribution >= 0.6 is 11.6 Å². The number of anilines is 1. The normalized spacial score (nSPS) is 12.6. The van der Waals surface area contributed by atoms with Crippen molar-refractivity contribution < 1.29 is 18.4 Å².